The lowest BCUT2D eigenvalue weighted by molar-refractivity contribution is -0.141. The van der Waals surface area contributed by atoms with E-state index in [0.29, 0.717) is 66.0 Å². The number of aromatic nitrogens is 3. The maximum Gasteiger partial charge on any atom is 0.307 e. The van der Waals surface area contributed by atoms with Gasteiger partial charge in [-0.25, -0.2) is 14.4 Å². The third-order valence-corrected chi connectivity index (χ3v) is 11.6. The van der Waals surface area contributed by atoms with Gasteiger partial charge in [-0.2, -0.15) is 0 Å². The number of aliphatic hydroxyl groups is 1. The van der Waals surface area contributed by atoms with E-state index in [1.54, 1.807) is 6.20 Å². The van der Waals surface area contributed by atoms with Crippen LogP contribution in [-0.2, 0) is 17.8 Å². The minimum Gasteiger partial charge on any atom is -0.481 e. The Morgan fingerprint density at radius 3 is 2.68 bits per heavy atom. The number of nitrogens with zero attached hydrogens (tertiary/aromatic N) is 5. The second-order valence-corrected chi connectivity index (χ2v) is 14.9. The number of β-amino-alcohol motifs (C(OH)–C–C–N with tert-alkyl or cyclic N) is 1. The van der Waals surface area contributed by atoms with Crippen molar-refractivity contribution in [2.45, 2.75) is 51.3 Å². The van der Waals surface area contributed by atoms with Gasteiger partial charge < -0.3 is 19.9 Å². The number of hydrogen-bond donors (Lipinski definition) is 3. The summed E-state index contributed by atoms with van der Waals surface area (Å²) in [5.74, 6) is -0.650. The fourth-order valence-corrected chi connectivity index (χ4v) is 8.74. The van der Waals surface area contributed by atoms with Crippen molar-refractivity contribution in [3.63, 3.8) is 0 Å². The standard InChI is InChI=1S/C41H38ClFN6O4/c1-22-27(29-6-3-7-32(35(29)42)46-39-37-24(10-13-44-39)16-23(18-45-37)19-48-14-12-26(50)21-48)4-2-5-28(22)40-47-33-17-31-30(36(43)38(33)53-40)8-9-34(31)49-15-11-25(20-49)41(51)52/h2-7,10,13,16-18,25-26,34,50H,8-9,11-12,14-15,19-21H2,1H3,(H,44,46)(H,51,52)/t25-,26-,34-/m1/s1. The largest absolute Gasteiger partial charge is 0.481 e. The number of halogens is 2. The molecule has 0 saturated carbocycles. The topological polar surface area (TPSA) is 128 Å². The average molecular weight is 733 g/mol. The molecule has 12 heteroatoms. The molecule has 53 heavy (non-hydrogen) atoms. The summed E-state index contributed by atoms with van der Waals surface area (Å²) in [5, 5.41) is 24.3. The van der Waals surface area contributed by atoms with Crippen LogP contribution in [0.3, 0.4) is 0 Å². The van der Waals surface area contributed by atoms with E-state index < -0.39 is 11.9 Å². The van der Waals surface area contributed by atoms with E-state index in [1.807, 2.05) is 61.7 Å². The predicted octanol–water partition coefficient (Wildman–Crippen LogP) is 7.91. The minimum absolute atomic E-state index is 0.0329. The number of rotatable bonds is 8. The van der Waals surface area contributed by atoms with E-state index in [9.17, 15) is 15.0 Å². The van der Waals surface area contributed by atoms with E-state index in [4.69, 9.17) is 26.0 Å². The van der Waals surface area contributed by atoms with E-state index in [-0.39, 0.29) is 23.5 Å². The number of aliphatic carboxylic acids is 1. The van der Waals surface area contributed by atoms with Crippen molar-refractivity contribution in [2.24, 2.45) is 5.92 Å². The zero-order valence-electron chi connectivity index (χ0n) is 29.1. The number of oxazole rings is 1. The van der Waals surface area contributed by atoms with Gasteiger partial charge in [-0.15, -0.1) is 0 Å². The van der Waals surface area contributed by atoms with Crippen molar-refractivity contribution in [1.82, 2.24) is 24.8 Å². The van der Waals surface area contributed by atoms with Crippen LogP contribution in [0.4, 0.5) is 15.9 Å². The van der Waals surface area contributed by atoms with Crippen LogP contribution in [0.2, 0.25) is 5.02 Å². The average Bonchev–Trinajstić information content (AvgIpc) is 3.97. The first-order valence-corrected chi connectivity index (χ1v) is 18.5. The third kappa shape index (κ3) is 6.11. The van der Waals surface area contributed by atoms with Gasteiger partial charge in [0.25, 0.3) is 0 Å². The number of fused-ring (bicyclic) bond motifs is 3. The number of benzene rings is 3. The smallest absolute Gasteiger partial charge is 0.307 e. The molecular weight excluding hydrogens is 695 g/mol. The number of pyridine rings is 2. The molecule has 2 fully saturated rings. The van der Waals surface area contributed by atoms with Gasteiger partial charge in [-0.3, -0.25) is 19.6 Å². The molecule has 0 radical (unpaired) electrons. The highest BCUT2D eigenvalue weighted by atomic mass is 35.5. The van der Waals surface area contributed by atoms with Crippen LogP contribution in [0.25, 0.3) is 44.6 Å². The van der Waals surface area contributed by atoms with Gasteiger partial charge in [-0.05, 0) is 97.3 Å². The van der Waals surface area contributed by atoms with Crippen LogP contribution >= 0.6 is 11.6 Å². The van der Waals surface area contributed by atoms with E-state index in [0.717, 1.165) is 70.2 Å². The number of nitrogens with one attached hydrogen (secondary N) is 1. The molecule has 3 N–H and O–H groups in total. The van der Waals surface area contributed by atoms with Crippen LogP contribution in [-0.4, -0.2) is 73.2 Å². The second-order valence-electron chi connectivity index (χ2n) is 14.5. The van der Waals surface area contributed by atoms with Crippen LogP contribution in [0.5, 0.6) is 0 Å². The molecule has 0 bridgehead atoms. The molecule has 3 aromatic carbocycles. The van der Waals surface area contributed by atoms with Gasteiger partial charge in [0, 0.05) is 61.1 Å². The monoisotopic (exact) mass is 732 g/mol. The number of aliphatic hydroxyl groups excluding tert-OH is 1. The Labute approximate surface area is 310 Å². The summed E-state index contributed by atoms with van der Waals surface area (Å²) in [6.45, 7) is 5.40. The lowest BCUT2D eigenvalue weighted by Crippen LogP contribution is -2.26. The highest BCUT2D eigenvalue weighted by Gasteiger charge is 2.38. The summed E-state index contributed by atoms with van der Waals surface area (Å²) in [5.41, 5.74) is 7.85. The summed E-state index contributed by atoms with van der Waals surface area (Å²) in [6, 6.07) is 17.6. The van der Waals surface area contributed by atoms with E-state index in [1.165, 1.54) is 0 Å². The van der Waals surface area contributed by atoms with Crippen molar-refractivity contribution in [2.75, 3.05) is 31.5 Å². The molecule has 10 nitrogen and oxygen atoms in total. The molecule has 9 rings (SSSR count). The molecule has 5 heterocycles. The summed E-state index contributed by atoms with van der Waals surface area (Å²) >= 11 is 7.12. The summed E-state index contributed by atoms with van der Waals surface area (Å²) < 4.78 is 22.2. The Morgan fingerprint density at radius 2 is 1.87 bits per heavy atom. The molecule has 6 aromatic rings. The molecule has 2 aliphatic heterocycles. The van der Waals surface area contributed by atoms with Gasteiger partial charge in [0.05, 0.1) is 22.7 Å². The number of likely N-dealkylation sites (tertiary alicyclic amines) is 2. The molecular formula is C41H38ClFN6O4. The zero-order chi connectivity index (χ0) is 36.4. The Bertz CT molecular complexity index is 2420. The van der Waals surface area contributed by atoms with Crippen LogP contribution in [0.1, 0.15) is 47.6 Å². The van der Waals surface area contributed by atoms with Crippen molar-refractivity contribution >= 4 is 51.1 Å². The lowest BCUT2D eigenvalue weighted by Gasteiger charge is -2.24. The Balaban J connectivity index is 1.00. The summed E-state index contributed by atoms with van der Waals surface area (Å²) in [4.78, 5) is 30.1. The predicted molar refractivity (Wildman–Crippen MR) is 202 cm³/mol. The van der Waals surface area contributed by atoms with Crippen molar-refractivity contribution in [1.29, 1.82) is 0 Å². The summed E-state index contributed by atoms with van der Waals surface area (Å²) in [6.07, 6.45) is 6.05. The Hall–Kier alpha value is -4.94. The normalized spacial score (nSPS) is 20.5. The maximum atomic E-state index is 16.0. The number of carboxylic acids is 1. The lowest BCUT2D eigenvalue weighted by atomic mass is 9.96. The number of hydrogen-bond acceptors (Lipinski definition) is 9. The van der Waals surface area contributed by atoms with Crippen molar-refractivity contribution in [3.8, 4) is 22.6 Å². The van der Waals surface area contributed by atoms with Gasteiger partial charge >= 0.3 is 5.97 Å². The first kappa shape index (κ1) is 33.9. The SMILES string of the molecule is Cc1c(-c2nc3cc4c(c(F)c3o2)CC[C@H]4N2CC[C@@H](C(=O)O)C2)cccc1-c1cccc(Nc2nccc3cc(CN4CC[C@@H](O)C4)cnc23)c1Cl. The van der Waals surface area contributed by atoms with Gasteiger partial charge in [0.15, 0.2) is 17.2 Å². The molecule has 0 amide bonds. The molecule has 0 unspecified atom stereocenters. The molecule has 3 atom stereocenters. The number of carboxylic acid groups (broad SMARTS) is 1. The first-order chi connectivity index (χ1) is 25.7. The van der Waals surface area contributed by atoms with Crippen molar-refractivity contribution in [3.05, 3.63) is 100 Å². The van der Waals surface area contributed by atoms with E-state index in [2.05, 4.69) is 26.2 Å². The first-order valence-electron chi connectivity index (χ1n) is 18.1. The fourth-order valence-electron chi connectivity index (χ4n) is 8.46. The molecule has 2 saturated heterocycles. The zero-order valence-corrected chi connectivity index (χ0v) is 29.9. The third-order valence-electron chi connectivity index (χ3n) is 11.2. The Morgan fingerprint density at radius 1 is 1.04 bits per heavy atom. The van der Waals surface area contributed by atoms with Gasteiger partial charge in [0.2, 0.25) is 5.89 Å². The van der Waals surface area contributed by atoms with Crippen LogP contribution < -0.4 is 5.32 Å². The van der Waals surface area contributed by atoms with Crippen LogP contribution in [0.15, 0.2) is 71.4 Å². The molecule has 1 aliphatic carbocycles. The fraction of sp³-hybridized carbons (Fsp3) is 0.317. The second kappa shape index (κ2) is 13.5. The molecule has 270 valence electrons. The van der Waals surface area contributed by atoms with Gasteiger partial charge in [-0.1, -0.05) is 35.9 Å². The van der Waals surface area contributed by atoms with Crippen LogP contribution in [0, 0.1) is 18.7 Å². The van der Waals surface area contributed by atoms with E-state index >= 15 is 4.39 Å². The number of anilines is 2. The maximum absolute atomic E-state index is 16.0. The molecule has 3 aromatic heterocycles. The highest BCUT2D eigenvalue weighted by molar-refractivity contribution is 6.36. The highest BCUT2D eigenvalue weighted by Crippen LogP contribution is 2.44. The summed E-state index contributed by atoms with van der Waals surface area (Å²) in [7, 11) is 0. The Kier molecular flexibility index (Phi) is 8.61. The number of carbonyl (C=O) groups is 1. The molecule has 0 spiro atoms. The van der Waals surface area contributed by atoms with Crippen molar-refractivity contribution < 1.29 is 23.8 Å². The van der Waals surface area contributed by atoms with Gasteiger partial charge in [0.1, 0.15) is 11.0 Å². The molecule has 3 aliphatic rings. The quantitative estimate of drug-likeness (QED) is 0.142. The minimum atomic E-state index is -0.778.